The lowest BCUT2D eigenvalue weighted by atomic mass is 10.2. The van der Waals surface area contributed by atoms with Crippen LogP contribution < -0.4 is 20.5 Å². The van der Waals surface area contributed by atoms with Crippen molar-refractivity contribution in [2.75, 3.05) is 19.0 Å². The first-order valence-electron chi connectivity index (χ1n) is 7.66. The Labute approximate surface area is 170 Å². The molecule has 0 amide bonds. The van der Waals surface area contributed by atoms with Crippen LogP contribution in [0.25, 0.3) is 0 Å². The van der Waals surface area contributed by atoms with Crippen LogP contribution in [-0.2, 0) is 6.54 Å². The highest BCUT2D eigenvalue weighted by Crippen LogP contribution is 2.36. The lowest BCUT2D eigenvalue weighted by Crippen LogP contribution is -2.22. The van der Waals surface area contributed by atoms with Gasteiger partial charge in [0, 0.05) is 5.69 Å². The van der Waals surface area contributed by atoms with E-state index in [4.69, 9.17) is 26.8 Å². The quantitative estimate of drug-likeness (QED) is 0.364. The van der Waals surface area contributed by atoms with Crippen LogP contribution >= 0.6 is 35.6 Å². The number of guanidine groups is 1. The van der Waals surface area contributed by atoms with Gasteiger partial charge in [0.05, 0.1) is 25.3 Å². The van der Waals surface area contributed by atoms with Gasteiger partial charge in [-0.25, -0.2) is 4.99 Å². The van der Waals surface area contributed by atoms with Crippen LogP contribution in [0.2, 0.25) is 5.02 Å². The third-order valence-corrected chi connectivity index (χ3v) is 3.58. The summed E-state index contributed by atoms with van der Waals surface area (Å²) in [6.45, 7) is 4.81. The second kappa shape index (κ2) is 10.4. The Balaban J connectivity index is 0.00000312. The Morgan fingerprint density at radius 1 is 1.28 bits per heavy atom. The number of nitrogens with two attached hydrogens (primary N) is 1. The van der Waals surface area contributed by atoms with E-state index in [2.05, 4.69) is 10.3 Å². The Morgan fingerprint density at radius 2 is 2.04 bits per heavy atom. The number of aliphatic imine (C=N–C) groups is 1. The molecule has 0 atom stereocenters. The molecule has 0 aliphatic carbocycles. The molecule has 0 heterocycles. The molecule has 3 N–H and O–H groups in total. The van der Waals surface area contributed by atoms with Gasteiger partial charge in [-0.1, -0.05) is 23.7 Å². The van der Waals surface area contributed by atoms with Gasteiger partial charge >= 0.3 is 0 Å². The molecular weight excluding hydrogens is 453 g/mol. The van der Waals surface area contributed by atoms with Gasteiger partial charge in [0.2, 0.25) is 0 Å². The minimum atomic E-state index is 0. The Hall–Kier alpha value is -1.67. The van der Waals surface area contributed by atoms with Crippen LogP contribution in [0.15, 0.2) is 41.4 Å². The summed E-state index contributed by atoms with van der Waals surface area (Å²) in [7, 11) is 1.58. The molecule has 0 fully saturated rings. The van der Waals surface area contributed by atoms with E-state index in [9.17, 15) is 0 Å². The average molecular weight is 476 g/mol. The second-order valence-electron chi connectivity index (χ2n) is 5.24. The Kier molecular flexibility index (Phi) is 8.85. The third kappa shape index (κ3) is 6.28. The number of nitrogens with one attached hydrogen (secondary N) is 1. The molecule has 0 unspecified atom stereocenters. The van der Waals surface area contributed by atoms with Gasteiger partial charge in [0.1, 0.15) is 0 Å². The minimum absolute atomic E-state index is 0. The van der Waals surface area contributed by atoms with Gasteiger partial charge in [0.25, 0.3) is 0 Å². The number of benzene rings is 2. The molecule has 0 aromatic heterocycles. The van der Waals surface area contributed by atoms with Crippen LogP contribution in [0.4, 0.5) is 5.69 Å². The minimum Gasteiger partial charge on any atom is -0.493 e. The first kappa shape index (κ1) is 21.4. The van der Waals surface area contributed by atoms with Crippen LogP contribution in [0, 0.1) is 6.92 Å². The first-order chi connectivity index (χ1) is 11.5. The van der Waals surface area contributed by atoms with Crippen LogP contribution in [0.1, 0.15) is 18.1 Å². The van der Waals surface area contributed by atoms with Gasteiger partial charge in [-0.2, -0.15) is 0 Å². The molecule has 7 heteroatoms. The van der Waals surface area contributed by atoms with Crippen molar-refractivity contribution in [3.8, 4) is 11.5 Å². The van der Waals surface area contributed by atoms with Crippen LogP contribution in [-0.4, -0.2) is 19.7 Å². The maximum Gasteiger partial charge on any atom is 0.193 e. The van der Waals surface area contributed by atoms with Gasteiger partial charge in [-0.15, -0.1) is 24.0 Å². The molecule has 2 rings (SSSR count). The summed E-state index contributed by atoms with van der Waals surface area (Å²) in [6, 6.07) is 11.6. The lowest BCUT2D eigenvalue weighted by molar-refractivity contribution is 0.311. The number of halogens is 2. The highest BCUT2D eigenvalue weighted by Gasteiger charge is 2.11. The van der Waals surface area contributed by atoms with Crippen molar-refractivity contribution in [3.05, 3.63) is 52.5 Å². The maximum absolute atomic E-state index is 6.25. The largest absolute Gasteiger partial charge is 0.493 e. The zero-order chi connectivity index (χ0) is 17.5. The molecule has 0 saturated carbocycles. The van der Waals surface area contributed by atoms with Crippen molar-refractivity contribution in [3.63, 3.8) is 0 Å². The predicted octanol–water partition coefficient (Wildman–Crippen LogP) is 4.60. The number of aryl methyl sites for hydroxylation is 1. The zero-order valence-electron chi connectivity index (χ0n) is 14.5. The van der Waals surface area contributed by atoms with Crippen molar-refractivity contribution in [1.82, 2.24) is 0 Å². The topological polar surface area (TPSA) is 68.9 Å². The van der Waals surface area contributed by atoms with E-state index >= 15 is 0 Å². The van der Waals surface area contributed by atoms with E-state index in [1.807, 2.05) is 44.2 Å². The molecule has 0 saturated heterocycles. The summed E-state index contributed by atoms with van der Waals surface area (Å²) < 4.78 is 10.8. The van der Waals surface area contributed by atoms with E-state index in [0.717, 1.165) is 16.8 Å². The summed E-state index contributed by atoms with van der Waals surface area (Å²) in [5, 5.41) is 3.56. The molecule has 0 aliphatic heterocycles. The van der Waals surface area contributed by atoms with Crippen molar-refractivity contribution in [1.29, 1.82) is 0 Å². The van der Waals surface area contributed by atoms with E-state index in [1.165, 1.54) is 0 Å². The molecular formula is C18H23ClIN3O2. The highest BCUT2D eigenvalue weighted by molar-refractivity contribution is 14.0. The Bertz CT molecular complexity index is 738. The molecule has 0 radical (unpaired) electrons. The van der Waals surface area contributed by atoms with Crippen LogP contribution in [0.3, 0.4) is 0 Å². The van der Waals surface area contributed by atoms with Crippen molar-refractivity contribution < 1.29 is 9.47 Å². The maximum atomic E-state index is 6.25. The lowest BCUT2D eigenvalue weighted by Gasteiger charge is -2.12. The Morgan fingerprint density at radius 3 is 2.68 bits per heavy atom. The fraction of sp³-hybridized carbons (Fsp3) is 0.278. The summed E-state index contributed by atoms with van der Waals surface area (Å²) >= 11 is 6.25. The number of rotatable bonds is 6. The number of hydrogen-bond donors (Lipinski definition) is 2. The van der Waals surface area contributed by atoms with Gasteiger partial charge in [0.15, 0.2) is 17.5 Å². The molecule has 2 aromatic carbocycles. The average Bonchev–Trinajstić information content (AvgIpc) is 2.55. The predicted molar refractivity (Wildman–Crippen MR) is 115 cm³/mol. The number of methoxy groups -OCH3 is 1. The monoisotopic (exact) mass is 475 g/mol. The first-order valence-corrected chi connectivity index (χ1v) is 8.04. The second-order valence-corrected chi connectivity index (χ2v) is 5.65. The number of ether oxygens (including phenoxy) is 2. The van der Waals surface area contributed by atoms with E-state index in [-0.39, 0.29) is 24.0 Å². The fourth-order valence-electron chi connectivity index (χ4n) is 2.24. The summed E-state index contributed by atoms with van der Waals surface area (Å²) in [6.07, 6.45) is 0. The summed E-state index contributed by atoms with van der Waals surface area (Å²) in [4.78, 5) is 4.34. The van der Waals surface area contributed by atoms with Crippen LogP contribution in [0.5, 0.6) is 11.5 Å². The van der Waals surface area contributed by atoms with E-state index < -0.39 is 0 Å². The van der Waals surface area contributed by atoms with E-state index in [0.29, 0.717) is 35.6 Å². The van der Waals surface area contributed by atoms with Gasteiger partial charge in [-0.05, 0) is 49.2 Å². The highest BCUT2D eigenvalue weighted by atomic mass is 127. The number of hydrogen-bond acceptors (Lipinski definition) is 3. The molecule has 0 aliphatic rings. The molecule has 5 nitrogen and oxygen atoms in total. The normalized spacial score (nSPS) is 10.8. The molecule has 0 bridgehead atoms. The standard InChI is InChI=1S/C18H22ClN3O2.HI/c1-4-24-17-15(19)9-13(10-16(17)23-3)11-21-18(20)22-14-7-5-6-12(2)8-14;/h5-10H,4,11H2,1-3H3,(H3,20,21,22);1H. The van der Waals surface area contributed by atoms with Crippen molar-refractivity contribution in [2.45, 2.75) is 20.4 Å². The number of anilines is 1. The summed E-state index contributed by atoms with van der Waals surface area (Å²) in [5.74, 6) is 1.46. The smallest absolute Gasteiger partial charge is 0.193 e. The van der Waals surface area contributed by atoms with E-state index in [1.54, 1.807) is 13.2 Å². The molecule has 25 heavy (non-hydrogen) atoms. The molecule has 136 valence electrons. The third-order valence-electron chi connectivity index (χ3n) is 3.30. The number of nitrogens with zero attached hydrogens (tertiary/aromatic N) is 1. The summed E-state index contributed by atoms with van der Waals surface area (Å²) in [5.41, 5.74) is 8.87. The zero-order valence-corrected chi connectivity index (χ0v) is 17.6. The molecule has 0 spiro atoms. The molecule has 2 aromatic rings. The van der Waals surface area contributed by atoms with Gasteiger partial charge < -0.3 is 20.5 Å². The fourth-order valence-corrected chi connectivity index (χ4v) is 2.52. The van der Waals surface area contributed by atoms with Gasteiger partial charge in [-0.3, -0.25) is 0 Å². The SMILES string of the molecule is CCOc1c(Cl)cc(CN=C(N)Nc2cccc(C)c2)cc1OC.I. The van der Waals surface area contributed by atoms with Crippen molar-refractivity contribution >= 4 is 47.2 Å². The van der Waals surface area contributed by atoms with Crippen molar-refractivity contribution in [2.24, 2.45) is 10.7 Å².